The first-order valence-electron chi connectivity index (χ1n) is 6.82. The predicted octanol–water partition coefficient (Wildman–Crippen LogP) is 2.47. The van der Waals surface area contributed by atoms with Crippen molar-refractivity contribution in [3.05, 3.63) is 41.3 Å². The SMILES string of the molecule is CCc1nn(-c2ccccc2F)c(OC)c1CCCN. The first-order valence-corrected chi connectivity index (χ1v) is 6.82. The molecular weight excluding hydrogens is 257 g/mol. The van der Waals surface area contributed by atoms with Gasteiger partial charge in [-0.1, -0.05) is 19.1 Å². The minimum Gasteiger partial charge on any atom is -0.481 e. The number of hydrogen-bond acceptors (Lipinski definition) is 3. The first kappa shape index (κ1) is 14.5. The molecular formula is C15H20FN3O. The summed E-state index contributed by atoms with van der Waals surface area (Å²) in [4.78, 5) is 0. The van der Waals surface area contributed by atoms with Crippen LogP contribution in [-0.4, -0.2) is 23.4 Å². The number of nitrogens with two attached hydrogens (primary N) is 1. The van der Waals surface area contributed by atoms with Crippen molar-refractivity contribution in [3.8, 4) is 11.6 Å². The largest absolute Gasteiger partial charge is 0.481 e. The molecule has 20 heavy (non-hydrogen) atoms. The van der Waals surface area contributed by atoms with E-state index in [1.54, 1.807) is 30.0 Å². The Labute approximate surface area is 118 Å². The van der Waals surface area contributed by atoms with Crippen molar-refractivity contribution < 1.29 is 9.13 Å². The molecule has 1 aromatic heterocycles. The second-order valence-electron chi connectivity index (χ2n) is 4.54. The lowest BCUT2D eigenvalue weighted by molar-refractivity contribution is 0.377. The Morgan fingerprint density at radius 1 is 1.35 bits per heavy atom. The van der Waals surface area contributed by atoms with E-state index in [0.717, 1.165) is 30.5 Å². The number of methoxy groups -OCH3 is 1. The van der Waals surface area contributed by atoms with E-state index >= 15 is 0 Å². The highest BCUT2D eigenvalue weighted by Gasteiger charge is 2.19. The van der Waals surface area contributed by atoms with Crippen molar-refractivity contribution in [2.45, 2.75) is 26.2 Å². The third-order valence-corrected chi connectivity index (χ3v) is 3.26. The van der Waals surface area contributed by atoms with Gasteiger partial charge in [-0.05, 0) is 37.9 Å². The molecule has 0 unspecified atom stereocenters. The number of hydrogen-bond donors (Lipinski definition) is 1. The zero-order valence-electron chi connectivity index (χ0n) is 11.9. The van der Waals surface area contributed by atoms with Gasteiger partial charge in [0.15, 0.2) is 0 Å². The van der Waals surface area contributed by atoms with Gasteiger partial charge in [0.1, 0.15) is 11.5 Å². The summed E-state index contributed by atoms with van der Waals surface area (Å²) in [6, 6.07) is 6.55. The molecule has 0 fully saturated rings. The van der Waals surface area contributed by atoms with Crippen LogP contribution in [0, 0.1) is 5.82 Å². The fraction of sp³-hybridized carbons (Fsp3) is 0.400. The van der Waals surface area contributed by atoms with E-state index in [0.29, 0.717) is 18.1 Å². The summed E-state index contributed by atoms with van der Waals surface area (Å²) in [7, 11) is 1.58. The maximum atomic E-state index is 14.0. The number of halogens is 1. The molecule has 5 heteroatoms. The Bertz CT molecular complexity index is 580. The van der Waals surface area contributed by atoms with Crippen LogP contribution in [0.3, 0.4) is 0 Å². The van der Waals surface area contributed by atoms with E-state index in [2.05, 4.69) is 5.10 Å². The molecule has 0 atom stereocenters. The maximum absolute atomic E-state index is 14.0. The van der Waals surface area contributed by atoms with Crippen LogP contribution in [0.4, 0.5) is 4.39 Å². The van der Waals surface area contributed by atoms with Crippen molar-refractivity contribution in [1.82, 2.24) is 9.78 Å². The van der Waals surface area contributed by atoms with Gasteiger partial charge in [-0.2, -0.15) is 9.78 Å². The van der Waals surface area contributed by atoms with Gasteiger partial charge in [-0.15, -0.1) is 0 Å². The van der Waals surface area contributed by atoms with Crippen LogP contribution in [-0.2, 0) is 12.8 Å². The standard InChI is InChI=1S/C15H20FN3O/c1-3-13-11(7-6-10-17)15(20-2)19(18-13)14-9-5-4-8-12(14)16/h4-5,8-9H,3,6-7,10,17H2,1-2H3. The molecule has 0 aliphatic heterocycles. The molecule has 0 amide bonds. The van der Waals surface area contributed by atoms with Gasteiger partial charge in [-0.3, -0.25) is 0 Å². The van der Waals surface area contributed by atoms with Crippen molar-refractivity contribution >= 4 is 0 Å². The second kappa shape index (κ2) is 6.52. The number of aromatic nitrogens is 2. The Morgan fingerprint density at radius 2 is 2.10 bits per heavy atom. The fourth-order valence-electron chi connectivity index (χ4n) is 2.29. The monoisotopic (exact) mass is 277 g/mol. The molecule has 1 aromatic carbocycles. The molecule has 0 spiro atoms. The molecule has 0 radical (unpaired) electrons. The smallest absolute Gasteiger partial charge is 0.220 e. The zero-order chi connectivity index (χ0) is 14.5. The fourth-order valence-corrected chi connectivity index (χ4v) is 2.29. The van der Waals surface area contributed by atoms with Gasteiger partial charge in [0.05, 0.1) is 12.8 Å². The molecule has 0 aliphatic carbocycles. The summed E-state index contributed by atoms with van der Waals surface area (Å²) in [6.07, 6.45) is 2.42. The maximum Gasteiger partial charge on any atom is 0.220 e. The summed E-state index contributed by atoms with van der Waals surface area (Å²) >= 11 is 0. The number of ether oxygens (including phenoxy) is 1. The van der Waals surface area contributed by atoms with Crippen LogP contribution in [0.25, 0.3) is 5.69 Å². The van der Waals surface area contributed by atoms with E-state index in [4.69, 9.17) is 10.5 Å². The number of para-hydroxylation sites is 1. The Kier molecular flexibility index (Phi) is 4.74. The molecule has 4 nitrogen and oxygen atoms in total. The van der Waals surface area contributed by atoms with E-state index in [9.17, 15) is 4.39 Å². The second-order valence-corrected chi connectivity index (χ2v) is 4.54. The van der Waals surface area contributed by atoms with Crippen molar-refractivity contribution in [2.24, 2.45) is 5.73 Å². The molecule has 108 valence electrons. The molecule has 2 rings (SSSR count). The lowest BCUT2D eigenvalue weighted by Gasteiger charge is -2.08. The normalized spacial score (nSPS) is 10.8. The lowest BCUT2D eigenvalue weighted by atomic mass is 10.1. The van der Waals surface area contributed by atoms with E-state index in [1.165, 1.54) is 6.07 Å². The van der Waals surface area contributed by atoms with Gasteiger partial charge < -0.3 is 10.5 Å². The predicted molar refractivity (Wildman–Crippen MR) is 76.8 cm³/mol. The summed E-state index contributed by atoms with van der Waals surface area (Å²) in [6.45, 7) is 2.64. The summed E-state index contributed by atoms with van der Waals surface area (Å²) in [5.41, 5.74) is 7.92. The van der Waals surface area contributed by atoms with Crippen molar-refractivity contribution in [1.29, 1.82) is 0 Å². The number of nitrogens with zero attached hydrogens (tertiary/aromatic N) is 2. The van der Waals surface area contributed by atoms with Crippen molar-refractivity contribution in [2.75, 3.05) is 13.7 Å². The van der Waals surface area contributed by atoms with Crippen LogP contribution < -0.4 is 10.5 Å². The van der Waals surface area contributed by atoms with Gasteiger partial charge in [0.25, 0.3) is 0 Å². The number of rotatable bonds is 6. The highest BCUT2D eigenvalue weighted by molar-refractivity contribution is 5.42. The molecule has 0 bridgehead atoms. The van der Waals surface area contributed by atoms with Gasteiger partial charge in [0, 0.05) is 5.56 Å². The average molecular weight is 277 g/mol. The van der Waals surface area contributed by atoms with Crippen LogP contribution >= 0.6 is 0 Å². The third-order valence-electron chi connectivity index (χ3n) is 3.26. The van der Waals surface area contributed by atoms with Gasteiger partial charge in [0.2, 0.25) is 5.88 Å². The summed E-state index contributed by atoms with van der Waals surface area (Å²) < 4.78 is 21.0. The molecule has 0 aliphatic rings. The molecule has 1 heterocycles. The average Bonchev–Trinajstić information content (AvgIpc) is 2.83. The van der Waals surface area contributed by atoms with E-state index < -0.39 is 0 Å². The quantitative estimate of drug-likeness (QED) is 0.882. The Hall–Kier alpha value is -1.88. The van der Waals surface area contributed by atoms with Crippen LogP contribution in [0.15, 0.2) is 24.3 Å². The van der Waals surface area contributed by atoms with Crippen LogP contribution in [0.5, 0.6) is 5.88 Å². The van der Waals surface area contributed by atoms with Gasteiger partial charge in [-0.25, -0.2) is 4.39 Å². The molecule has 2 N–H and O–H groups in total. The first-order chi connectivity index (χ1) is 9.72. The minimum absolute atomic E-state index is 0.318. The highest BCUT2D eigenvalue weighted by Crippen LogP contribution is 2.28. The zero-order valence-corrected chi connectivity index (χ0v) is 11.9. The highest BCUT2D eigenvalue weighted by atomic mass is 19.1. The summed E-state index contributed by atoms with van der Waals surface area (Å²) in [5.74, 6) is 0.279. The summed E-state index contributed by atoms with van der Waals surface area (Å²) in [5, 5.41) is 4.49. The van der Waals surface area contributed by atoms with Gasteiger partial charge >= 0.3 is 0 Å². The van der Waals surface area contributed by atoms with Crippen LogP contribution in [0.1, 0.15) is 24.6 Å². The Balaban J connectivity index is 2.53. The third kappa shape index (κ3) is 2.67. The number of aryl methyl sites for hydroxylation is 1. The molecule has 0 saturated carbocycles. The number of benzene rings is 1. The minimum atomic E-state index is -0.318. The lowest BCUT2D eigenvalue weighted by Crippen LogP contribution is -2.04. The van der Waals surface area contributed by atoms with Crippen molar-refractivity contribution in [3.63, 3.8) is 0 Å². The Morgan fingerprint density at radius 3 is 2.70 bits per heavy atom. The van der Waals surface area contributed by atoms with E-state index in [-0.39, 0.29) is 5.82 Å². The molecule has 0 saturated heterocycles. The van der Waals surface area contributed by atoms with E-state index in [1.807, 2.05) is 6.92 Å². The topological polar surface area (TPSA) is 53.1 Å². The molecule has 2 aromatic rings. The van der Waals surface area contributed by atoms with Crippen LogP contribution in [0.2, 0.25) is 0 Å².